The number of hydrogen-bond acceptors (Lipinski definition) is 4. The molecule has 1 unspecified atom stereocenters. The second-order valence-electron chi connectivity index (χ2n) is 4.65. The van der Waals surface area contributed by atoms with E-state index in [1.807, 2.05) is 13.8 Å². The number of rotatable bonds is 4. The molecule has 0 spiro atoms. The van der Waals surface area contributed by atoms with Crippen molar-refractivity contribution in [1.29, 1.82) is 0 Å². The largest absolute Gasteiger partial charge is 0.459 e. The molecule has 0 aromatic heterocycles. The lowest BCUT2D eigenvalue weighted by Gasteiger charge is -2.18. The maximum absolute atomic E-state index is 12.1. The molecule has 1 aromatic rings. The zero-order valence-electron chi connectivity index (χ0n) is 11.3. The first-order valence-corrected chi connectivity index (χ1v) is 9.24. The second-order valence-corrected chi connectivity index (χ2v) is 8.35. The Bertz CT molecular complexity index is 670. The average Bonchev–Trinajstić information content (AvgIpc) is 2.32. The Morgan fingerprint density at radius 3 is 2.10 bits per heavy atom. The van der Waals surface area contributed by atoms with E-state index in [1.165, 1.54) is 0 Å². The third-order valence-corrected chi connectivity index (χ3v) is 5.46. The van der Waals surface area contributed by atoms with Crippen LogP contribution in [0.4, 0.5) is 0 Å². The Hall–Kier alpha value is -0.200. The molecular formula is C12H12Cl4O4S. The van der Waals surface area contributed by atoms with Crippen LogP contribution in [0.1, 0.15) is 31.1 Å². The summed E-state index contributed by atoms with van der Waals surface area (Å²) in [6.45, 7) is 5.40. The van der Waals surface area contributed by atoms with Crippen molar-refractivity contribution < 1.29 is 17.9 Å². The zero-order valence-corrected chi connectivity index (χ0v) is 15.1. The van der Waals surface area contributed by atoms with Gasteiger partial charge < -0.3 is 4.74 Å². The summed E-state index contributed by atoms with van der Waals surface area (Å²) in [6.07, 6.45) is -0.417. The Morgan fingerprint density at radius 1 is 1.14 bits per heavy atom. The van der Waals surface area contributed by atoms with Gasteiger partial charge in [-0.05, 0) is 18.9 Å². The molecule has 0 heterocycles. The van der Waals surface area contributed by atoms with Crippen LogP contribution in [0.15, 0.2) is 11.0 Å². The van der Waals surface area contributed by atoms with Crippen LogP contribution in [-0.2, 0) is 13.8 Å². The van der Waals surface area contributed by atoms with Gasteiger partial charge in [0.2, 0.25) is 0 Å². The van der Waals surface area contributed by atoms with E-state index in [0.717, 1.165) is 6.07 Å². The first-order valence-electron chi connectivity index (χ1n) is 5.80. The molecule has 0 aliphatic rings. The molecule has 21 heavy (non-hydrogen) atoms. The van der Waals surface area contributed by atoms with Crippen molar-refractivity contribution in [3.63, 3.8) is 0 Å². The van der Waals surface area contributed by atoms with Crippen molar-refractivity contribution >= 4 is 60.5 Å². The molecule has 0 bridgehead atoms. The first kappa shape index (κ1) is 18.8. The Morgan fingerprint density at radius 2 is 1.67 bits per heavy atom. The SMILES string of the molecule is CC(C)C(C)OC(=O)c1c(Cl)c(Cl)cc(S(=O)(=O)Cl)c1Cl. The number of halogens is 4. The highest BCUT2D eigenvalue weighted by Crippen LogP contribution is 2.38. The van der Waals surface area contributed by atoms with Crippen LogP contribution in [0.5, 0.6) is 0 Å². The molecule has 0 fully saturated rings. The summed E-state index contributed by atoms with van der Waals surface area (Å²) in [6, 6.07) is 0.983. The van der Waals surface area contributed by atoms with Crippen LogP contribution in [0.3, 0.4) is 0 Å². The van der Waals surface area contributed by atoms with Crippen molar-refractivity contribution in [2.75, 3.05) is 0 Å². The van der Waals surface area contributed by atoms with Crippen LogP contribution in [0.25, 0.3) is 0 Å². The lowest BCUT2D eigenvalue weighted by molar-refractivity contribution is 0.0238. The predicted octanol–water partition coefficient (Wildman–Crippen LogP) is 4.78. The van der Waals surface area contributed by atoms with Gasteiger partial charge in [-0.2, -0.15) is 0 Å². The van der Waals surface area contributed by atoms with Crippen molar-refractivity contribution in [3.05, 3.63) is 26.7 Å². The molecular weight excluding hydrogens is 382 g/mol. The highest BCUT2D eigenvalue weighted by molar-refractivity contribution is 8.13. The topological polar surface area (TPSA) is 60.4 Å². The average molecular weight is 394 g/mol. The van der Waals surface area contributed by atoms with Crippen LogP contribution in [-0.4, -0.2) is 20.5 Å². The highest BCUT2D eigenvalue weighted by atomic mass is 35.7. The molecule has 0 aliphatic carbocycles. The van der Waals surface area contributed by atoms with E-state index in [9.17, 15) is 13.2 Å². The van der Waals surface area contributed by atoms with E-state index < -0.39 is 31.0 Å². The number of ether oxygens (including phenoxy) is 1. The number of hydrogen-bond donors (Lipinski definition) is 0. The standard InChI is InChI=1S/C12H12Cl4O4S/c1-5(2)6(3)20-12(17)9-10(14)7(13)4-8(11(9)15)21(16,18)19/h4-6H,1-3H3. The lowest BCUT2D eigenvalue weighted by Crippen LogP contribution is -2.21. The molecule has 0 N–H and O–H groups in total. The fourth-order valence-corrected chi connectivity index (χ4v) is 3.43. The highest BCUT2D eigenvalue weighted by Gasteiger charge is 2.28. The molecule has 4 nitrogen and oxygen atoms in total. The third-order valence-electron chi connectivity index (χ3n) is 2.82. The van der Waals surface area contributed by atoms with E-state index >= 15 is 0 Å². The summed E-state index contributed by atoms with van der Waals surface area (Å²) in [5.41, 5.74) is -0.322. The summed E-state index contributed by atoms with van der Waals surface area (Å²) in [7, 11) is 1.07. The fraction of sp³-hybridized carbons (Fsp3) is 0.417. The van der Waals surface area contributed by atoms with Crippen LogP contribution in [0, 0.1) is 5.92 Å². The van der Waals surface area contributed by atoms with E-state index in [4.69, 9.17) is 50.2 Å². The lowest BCUT2D eigenvalue weighted by atomic mass is 10.1. The molecule has 0 saturated heterocycles. The quantitative estimate of drug-likeness (QED) is 0.419. The molecule has 9 heteroatoms. The smallest absolute Gasteiger partial charge is 0.341 e. The monoisotopic (exact) mass is 392 g/mol. The molecule has 0 radical (unpaired) electrons. The van der Waals surface area contributed by atoms with E-state index in [0.29, 0.717) is 0 Å². The summed E-state index contributed by atoms with van der Waals surface area (Å²) in [5.74, 6) is -0.808. The van der Waals surface area contributed by atoms with Gasteiger partial charge in [-0.15, -0.1) is 0 Å². The van der Waals surface area contributed by atoms with Crippen molar-refractivity contribution in [2.45, 2.75) is 31.8 Å². The summed E-state index contributed by atoms with van der Waals surface area (Å²) < 4.78 is 28.1. The van der Waals surface area contributed by atoms with Gasteiger partial charge >= 0.3 is 5.97 Å². The molecule has 1 rings (SSSR count). The van der Waals surface area contributed by atoms with Crippen LogP contribution >= 0.6 is 45.5 Å². The second kappa shape index (κ2) is 6.92. The minimum absolute atomic E-state index is 0.0573. The van der Waals surface area contributed by atoms with Crippen molar-refractivity contribution in [2.24, 2.45) is 5.92 Å². The number of carbonyl (C=O) groups is 1. The zero-order chi connectivity index (χ0) is 16.5. The number of benzene rings is 1. The Balaban J connectivity index is 3.42. The van der Waals surface area contributed by atoms with Gasteiger partial charge in [-0.1, -0.05) is 48.7 Å². The predicted molar refractivity (Wildman–Crippen MR) is 84.2 cm³/mol. The maximum atomic E-state index is 12.1. The maximum Gasteiger partial charge on any atom is 0.341 e. The summed E-state index contributed by atoms with van der Waals surface area (Å²) in [4.78, 5) is 11.6. The van der Waals surface area contributed by atoms with Crippen LogP contribution < -0.4 is 0 Å². The van der Waals surface area contributed by atoms with Gasteiger partial charge in [0.15, 0.2) is 0 Å². The van der Waals surface area contributed by atoms with E-state index in [1.54, 1.807) is 6.92 Å². The Kier molecular flexibility index (Phi) is 6.21. The summed E-state index contributed by atoms with van der Waals surface area (Å²) >= 11 is 17.7. The first-order chi connectivity index (χ1) is 9.46. The van der Waals surface area contributed by atoms with Crippen molar-refractivity contribution in [1.82, 2.24) is 0 Å². The third kappa shape index (κ3) is 4.39. The van der Waals surface area contributed by atoms with E-state index in [2.05, 4.69) is 0 Å². The van der Waals surface area contributed by atoms with Gasteiger partial charge in [-0.25, -0.2) is 13.2 Å². The van der Waals surface area contributed by atoms with Gasteiger partial charge in [-0.3, -0.25) is 0 Å². The number of carbonyl (C=O) groups excluding carboxylic acids is 1. The molecule has 1 atom stereocenters. The minimum Gasteiger partial charge on any atom is -0.459 e. The molecule has 0 saturated carbocycles. The van der Waals surface area contributed by atoms with Gasteiger partial charge in [0, 0.05) is 10.7 Å². The Labute approximate surface area is 142 Å². The van der Waals surface area contributed by atoms with E-state index in [-0.39, 0.29) is 21.5 Å². The van der Waals surface area contributed by atoms with Gasteiger partial charge in [0.05, 0.1) is 20.6 Å². The van der Waals surface area contributed by atoms with Gasteiger partial charge in [0.25, 0.3) is 9.05 Å². The fourth-order valence-electron chi connectivity index (χ4n) is 1.30. The van der Waals surface area contributed by atoms with Crippen LogP contribution in [0.2, 0.25) is 15.1 Å². The number of esters is 1. The minimum atomic E-state index is -4.18. The summed E-state index contributed by atoms with van der Waals surface area (Å²) in [5, 5.41) is -0.767. The molecule has 118 valence electrons. The van der Waals surface area contributed by atoms with Crippen molar-refractivity contribution in [3.8, 4) is 0 Å². The molecule has 1 aromatic carbocycles. The molecule has 0 aliphatic heterocycles. The van der Waals surface area contributed by atoms with Gasteiger partial charge in [0.1, 0.15) is 11.0 Å². The normalized spacial score (nSPS) is 13.3. The molecule has 0 amide bonds.